The number of ether oxygens (including phenoxy) is 1. The fraction of sp³-hybridized carbons (Fsp3) is 0.696. The van der Waals surface area contributed by atoms with Gasteiger partial charge in [-0.2, -0.15) is 0 Å². The molecule has 0 aromatic rings. The first-order valence-electron chi connectivity index (χ1n) is 10.5. The van der Waals surface area contributed by atoms with Gasteiger partial charge in [0.1, 0.15) is 12.1 Å². The molecular weight excluding hydrogens is 384 g/mol. The molecule has 3 atom stereocenters. The molecule has 1 rings (SSSR count). The number of Topliss-reactive ketones (excluding diaryl/α,β-unsaturated/α-hetero) is 1. The summed E-state index contributed by atoms with van der Waals surface area (Å²) in [5.41, 5.74) is 0. The van der Waals surface area contributed by atoms with Crippen molar-refractivity contribution >= 4 is 26.4 Å². The molecular formula is C23H36O5Si. The van der Waals surface area contributed by atoms with Gasteiger partial charge >= 0.3 is 5.97 Å². The average Bonchev–Trinajstić information content (AvgIpc) is 2.89. The fourth-order valence-electron chi connectivity index (χ4n) is 3.14. The highest BCUT2D eigenvalue weighted by atomic mass is 28.4. The number of allylic oxidation sites excluding steroid dienone is 1. The third kappa shape index (κ3) is 7.91. The van der Waals surface area contributed by atoms with Crippen LogP contribution in [-0.4, -0.2) is 39.1 Å². The third-order valence-corrected chi connectivity index (χ3v) is 10.3. The van der Waals surface area contributed by atoms with Gasteiger partial charge in [0.25, 0.3) is 0 Å². The number of unbranched alkanes of at least 4 members (excludes halogenated alkanes) is 1. The molecule has 0 radical (unpaired) electrons. The lowest BCUT2D eigenvalue weighted by Crippen LogP contribution is -2.45. The first-order valence-corrected chi connectivity index (χ1v) is 13.4. The summed E-state index contributed by atoms with van der Waals surface area (Å²) in [7, 11) is -2.03. The van der Waals surface area contributed by atoms with E-state index in [4.69, 9.17) is 9.16 Å². The summed E-state index contributed by atoms with van der Waals surface area (Å²) in [6.07, 6.45) is 6.24. The van der Waals surface area contributed by atoms with Crippen molar-refractivity contribution in [2.75, 3.05) is 6.61 Å². The van der Waals surface area contributed by atoms with E-state index < -0.39 is 8.32 Å². The lowest BCUT2D eigenvalue weighted by Gasteiger charge is -2.39. The van der Waals surface area contributed by atoms with E-state index in [9.17, 15) is 14.4 Å². The van der Waals surface area contributed by atoms with E-state index in [2.05, 4.69) is 45.7 Å². The van der Waals surface area contributed by atoms with Crippen LogP contribution in [0.3, 0.4) is 0 Å². The lowest BCUT2D eigenvalue weighted by molar-refractivity contribution is -0.143. The number of carbonyl (C=O) groups is 3. The predicted molar refractivity (Wildman–Crippen MR) is 117 cm³/mol. The zero-order valence-corrected chi connectivity index (χ0v) is 19.7. The van der Waals surface area contributed by atoms with Gasteiger partial charge in [0.15, 0.2) is 8.32 Å². The lowest BCUT2D eigenvalue weighted by atomic mass is 9.91. The van der Waals surface area contributed by atoms with Crippen LogP contribution in [0.4, 0.5) is 0 Å². The second kappa shape index (κ2) is 11.5. The van der Waals surface area contributed by atoms with Gasteiger partial charge in [-0.25, -0.2) is 0 Å². The number of hydrogen-bond donors (Lipinski definition) is 0. The molecule has 1 aliphatic carbocycles. The summed E-state index contributed by atoms with van der Waals surface area (Å²) in [5.74, 6) is 5.72. The Morgan fingerprint density at radius 3 is 2.55 bits per heavy atom. The maximum atomic E-state index is 12.7. The monoisotopic (exact) mass is 420 g/mol. The molecule has 0 N–H and O–H groups in total. The molecule has 1 aliphatic rings. The molecule has 0 aliphatic heterocycles. The minimum atomic E-state index is -2.03. The number of esters is 1. The van der Waals surface area contributed by atoms with Crippen molar-refractivity contribution in [2.45, 2.75) is 84.0 Å². The van der Waals surface area contributed by atoms with Crippen molar-refractivity contribution in [3.8, 4) is 11.8 Å². The second-order valence-corrected chi connectivity index (χ2v) is 13.8. The van der Waals surface area contributed by atoms with Crippen molar-refractivity contribution in [2.24, 2.45) is 11.8 Å². The zero-order valence-electron chi connectivity index (χ0n) is 18.7. The Labute approximate surface area is 176 Å². The number of hydrogen-bond acceptors (Lipinski definition) is 5. The molecule has 0 bridgehead atoms. The minimum absolute atomic E-state index is 0.0474. The number of carbonyl (C=O) groups excluding carboxylic acids is 3. The molecule has 29 heavy (non-hydrogen) atoms. The van der Waals surface area contributed by atoms with Crippen LogP contribution in [0.1, 0.15) is 59.8 Å². The maximum Gasteiger partial charge on any atom is 0.305 e. The summed E-state index contributed by atoms with van der Waals surface area (Å²) in [4.78, 5) is 34.9. The number of aldehydes is 1. The van der Waals surface area contributed by atoms with Crippen molar-refractivity contribution < 1.29 is 23.5 Å². The van der Waals surface area contributed by atoms with Crippen LogP contribution in [0, 0.1) is 23.7 Å². The van der Waals surface area contributed by atoms with Crippen LogP contribution in [0.25, 0.3) is 0 Å². The Hall–Kier alpha value is -1.71. The molecule has 162 valence electrons. The highest BCUT2D eigenvalue weighted by Crippen LogP contribution is 2.42. The van der Waals surface area contributed by atoms with Gasteiger partial charge in [0.05, 0.1) is 12.7 Å². The standard InChI is InChI=1S/C23H36O5Si/c1-7-27-22(26)15-11-9-8-10-13-18-19(14-12-16-24)21(17-20(18)25)28-29(5,6)23(2,3)4/h12,14,16,18-19,21H,7,9,11,13,15,17H2,1-6H3/t18-,19-,21-/m1/s1. The average molecular weight is 421 g/mol. The molecule has 0 saturated heterocycles. The third-order valence-electron chi connectivity index (χ3n) is 5.81. The van der Waals surface area contributed by atoms with Crippen molar-refractivity contribution in [3.63, 3.8) is 0 Å². The highest BCUT2D eigenvalue weighted by molar-refractivity contribution is 6.74. The van der Waals surface area contributed by atoms with Crippen LogP contribution in [0.2, 0.25) is 18.1 Å². The fourth-order valence-corrected chi connectivity index (χ4v) is 4.49. The molecule has 1 fully saturated rings. The van der Waals surface area contributed by atoms with Gasteiger partial charge in [0, 0.05) is 37.5 Å². The molecule has 0 aromatic carbocycles. The maximum absolute atomic E-state index is 12.7. The normalized spacial score (nSPS) is 22.4. The van der Waals surface area contributed by atoms with Crippen LogP contribution < -0.4 is 0 Å². The second-order valence-electron chi connectivity index (χ2n) is 9.01. The molecule has 0 amide bonds. The first kappa shape index (κ1) is 25.3. The predicted octanol–water partition coefficient (Wildman–Crippen LogP) is 4.46. The Balaban J connectivity index is 2.75. The Bertz CT molecular complexity index is 663. The van der Waals surface area contributed by atoms with Crippen LogP contribution in [0.15, 0.2) is 12.2 Å². The number of ketones is 1. The molecule has 0 heterocycles. The van der Waals surface area contributed by atoms with Crippen molar-refractivity contribution in [1.82, 2.24) is 0 Å². The van der Waals surface area contributed by atoms with Gasteiger partial charge in [0.2, 0.25) is 0 Å². The first-order chi connectivity index (χ1) is 13.5. The van der Waals surface area contributed by atoms with E-state index in [0.29, 0.717) is 38.7 Å². The molecule has 0 unspecified atom stereocenters. The van der Waals surface area contributed by atoms with E-state index in [1.54, 1.807) is 6.92 Å². The summed E-state index contributed by atoms with van der Waals surface area (Å²) in [6, 6.07) is 0. The van der Waals surface area contributed by atoms with E-state index in [1.807, 2.05) is 6.08 Å². The summed E-state index contributed by atoms with van der Waals surface area (Å²) >= 11 is 0. The van der Waals surface area contributed by atoms with Gasteiger partial charge in [-0.3, -0.25) is 14.4 Å². The zero-order chi connectivity index (χ0) is 22.1. The Kier molecular flexibility index (Phi) is 10.0. The molecule has 0 spiro atoms. The van der Waals surface area contributed by atoms with E-state index >= 15 is 0 Å². The van der Waals surface area contributed by atoms with Crippen LogP contribution >= 0.6 is 0 Å². The minimum Gasteiger partial charge on any atom is -0.466 e. The number of rotatable bonds is 9. The topological polar surface area (TPSA) is 69.7 Å². The van der Waals surface area contributed by atoms with Gasteiger partial charge in [-0.05, 0) is 37.6 Å². The molecule has 5 nitrogen and oxygen atoms in total. The van der Waals surface area contributed by atoms with Gasteiger partial charge < -0.3 is 9.16 Å². The highest BCUT2D eigenvalue weighted by Gasteiger charge is 2.46. The quantitative estimate of drug-likeness (QED) is 0.137. The largest absolute Gasteiger partial charge is 0.466 e. The van der Waals surface area contributed by atoms with Gasteiger partial charge in [-0.15, -0.1) is 11.8 Å². The van der Waals surface area contributed by atoms with E-state index in [-0.39, 0.29) is 34.7 Å². The van der Waals surface area contributed by atoms with E-state index in [0.717, 1.165) is 6.29 Å². The molecule has 0 aromatic heterocycles. The smallest absolute Gasteiger partial charge is 0.305 e. The van der Waals surface area contributed by atoms with E-state index in [1.165, 1.54) is 6.08 Å². The summed E-state index contributed by atoms with van der Waals surface area (Å²) in [6.45, 7) is 13.0. The summed E-state index contributed by atoms with van der Waals surface area (Å²) in [5, 5.41) is 0.0474. The molecule has 6 heteroatoms. The van der Waals surface area contributed by atoms with Crippen LogP contribution in [0.5, 0.6) is 0 Å². The Morgan fingerprint density at radius 2 is 1.97 bits per heavy atom. The van der Waals surface area contributed by atoms with Crippen molar-refractivity contribution in [3.05, 3.63) is 12.2 Å². The SMILES string of the molecule is CCOC(=O)CCCC#CC[C@H]1C(=O)C[C@@H](O[Si](C)(C)C(C)(C)C)[C@@H]1C=CC=O. The Morgan fingerprint density at radius 1 is 1.28 bits per heavy atom. The summed E-state index contributed by atoms with van der Waals surface area (Å²) < 4.78 is 11.4. The van der Waals surface area contributed by atoms with Crippen molar-refractivity contribution in [1.29, 1.82) is 0 Å². The molecule has 1 saturated carbocycles. The van der Waals surface area contributed by atoms with Crippen LogP contribution in [-0.2, 0) is 23.5 Å². The van der Waals surface area contributed by atoms with Gasteiger partial charge in [-0.1, -0.05) is 26.8 Å².